The van der Waals surface area contributed by atoms with Crippen LogP contribution in [0.5, 0.6) is 5.75 Å². The average Bonchev–Trinajstić information content (AvgIpc) is 2.71. The summed E-state index contributed by atoms with van der Waals surface area (Å²) in [5.74, 6) is 0.869. The number of benzene rings is 1. The zero-order valence-corrected chi connectivity index (χ0v) is 10.4. The van der Waals surface area contributed by atoms with Crippen LogP contribution < -0.4 is 10.1 Å². The Balaban J connectivity index is 2.55. The van der Waals surface area contributed by atoms with Crippen molar-refractivity contribution in [2.75, 3.05) is 14.2 Å². The number of rotatable bonds is 4. The molecule has 0 saturated heterocycles. The average molecular weight is 231 g/mol. The van der Waals surface area contributed by atoms with Crippen LogP contribution in [0.25, 0.3) is 11.3 Å². The summed E-state index contributed by atoms with van der Waals surface area (Å²) in [5, 5.41) is 7.46. The number of ether oxygens (including phenoxy) is 1. The molecule has 0 aliphatic heterocycles. The first kappa shape index (κ1) is 11.7. The highest BCUT2D eigenvalue weighted by molar-refractivity contribution is 5.70. The number of nitrogens with one attached hydrogen (secondary N) is 1. The summed E-state index contributed by atoms with van der Waals surface area (Å²) in [4.78, 5) is 0. The maximum Gasteiger partial charge on any atom is 0.128 e. The summed E-state index contributed by atoms with van der Waals surface area (Å²) in [6.07, 6.45) is 1.89. The molecule has 0 unspecified atom stereocenters. The maximum absolute atomic E-state index is 5.40. The Morgan fingerprint density at radius 1 is 1.35 bits per heavy atom. The topological polar surface area (TPSA) is 39.1 Å². The van der Waals surface area contributed by atoms with Crippen molar-refractivity contribution in [2.45, 2.75) is 6.54 Å². The molecular weight excluding hydrogens is 214 g/mol. The summed E-state index contributed by atoms with van der Waals surface area (Å²) in [6, 6.07) is 7.99. The van der Waals surface area contributed by atoms with Crippen molar-refractivity contribution in [3.8, 4) is 17.0 Å². The number of para-hydroxylation sites is 1. The Morgan fingerprint density at radius 3 is 2.82 bits per heavy atom. The van der Waals surface area contributed by atoms with Gasteiger partial charge in [-0.1, -0.05) is 12.1 Å². The van der Waals surface area contributed by atoms with Crippen LogP contribution in [-0.2, 0) is 13.6 Å². The van der Waals surface area contributed by atoms with E-state index in [9.17, 15) is 0 Å². The fraction of sp³-hybridized carbons (Fsp3) is 0.308. The van der Waals surface area contributed by atoms with Gasteiger partial charge in [-0.15, -0.1) is 0 Å². The predicted octanol–water partition coefficient (Wildman–Crippen LogP) is 1.82. The molecule has 0 amide bonds. The van der Waals surface area contributed by atoms with E-state index < -0.39 is 0 Å². The summed E-state index contributed by atoms with van der Waals surface area (Å²) in [6.45, 7) is 0.793. The summed E-state index contributed by atoms with van der Waals surface area (Å²) in [7, 11) is 5.56. The van der Waals surface area contributed by atoms with Gasteiger partial charge in [-0.25, -0.2) is 0 Å². The summed E-state index contributed by atoms with van der Waals surface area (Å²) in [5.41, 5.74) is 3.33. The normalized spacial score (nSPS) is 10.5. The SMILES string of the molecule is CNCc1cnn(C)c1-c1ccccc1OC. The van der Waals surface area contributed by atoms with Crippen molar-refractivity contribution in [3.63, 3.8) is 0 Å². The van der Waals surface area contributed by atoms with Crippen LogP contribution in [0.2, 0.25) is 0 Å². The Labute approximate surface area is 101 Å². The van der Waals surface area contributed by atoms with E-state index in [0.29, 0.717) is 0 Å². The number of aryl methyl sites for hydroxylation is 1. The number of nitrogens with zero attached hydrogens (tertiary/aromatic N) is 2. The van der Waals surface area contributed by atoms with Gasteiger partial charge in [-0.2, -0.15) is 5.10 Å². The Kier molecular flexibility index (Phi) is 3.44. The first-order chi connectivity index (χ1) is 8.27. The molecule has 0 saturated carbocycles. The smallest absolute Gasteiger partial charge is 0.128 e. The molecule has 1 aromatic heterocycles. The molecule has 0 atom stereocenters. The van der Waals surface area contributed by atoms with Crippen LogP contribution >= 0.6 is 0 Å². The molecule has 1 heterocycles. The molecule has 17 heavy (non-hydrogen) atoms. The largest absolute Gasteiger partial charge is 0.496 e. The Hall–Kier alpha value is -1.81. The van der Waals surface area contributed by atoms with Crippen LogP contribution in [0.15, 0.2) is 30.5 Å². The molecule has 0 spiro atoms. The zero-order chi connectivity index (χ0) is 12.3. The van der Waals surface area contributed by atoms with Crippen molar-refractivity contribution < 1.29 is 4.74 Å². The van der Waals surface area contributed by atoms with Gasteiger partial charge in [0.2, 0.25) is 0 Å². The minimum absolute atomic E-state index is 0.793. The highest BCUT2D eigenvalue weighted by Crippen LogP contribution is 2.31. The maximum atomic E-state index is 5.40. The molecule has 0 aliphatic rings. The van der Waals surface area contributed by atoms with Crippen molar-refractivity contribution >= 4 is 0 Å². The Morgan fingerprint density at radius 2 is 2.12 bits per heavy atom. The van der Waals surface area contributed by atoms with Crippen molar-refractivity contribution in [1.82, 2.24) is 15.1 Å². The van der Waals surface area contributed by atoms with E-state index in [1.165, 1.54) is 5.56 Å². The van der Waals surface area contributed by atoms with E-state index in [1.807, 2.05) is 43.2 Å². The first-order valence-electron chi connectivity index (χ1n) is 5.56. The van der Waals surface area contributed by atoms with E-state index in [-0.39, 0.29) is 0 Å². The third-order valence-corrected chi connectivity index (χ3v) is 2.74. The van der Waals surface area contributed by atoms with Crippen LogP contribution in [-0.4, -0.2) is 23.9 Å². The molecule has 90 valence electrons. The van der Waals surface area contributed by atoms with E-state index in [1.54, 1.807) is 7.11 Å². The number of hydrogen-bond donors (Lipinski definition) is 1. The van der Waals surface area contributed by atoms with E-state index >= 15 is 0 Å². The second kappa shape index (κ2) is 5.01. The van der Waals surface area contributed by atoms with Crippen LogP contribution in [0.4, 0.5) is 0 Å². The molecule has 0 aliphatic carbocycles. The third kappa shape index (κ3) is 2.17. The fourth-order valence-corrected chi connectivity index (χ4v) is 1.99. The van der Waals surface area contributed by atoms with Gasteiger partial charge in [-0.3, -0.25) is 4.68 Å². The van der Waals surface area contributed by atoms with Crippen molar-refractivity contribution in [2.24, 2.45) is 7.05 Å². The second-order valence-corrected chi connectivity index (χ2v) is 3.87. The first-order valence-corrected chi connectivity index (χ1v) is 5.56. The lowest BCUT2D eigenvalue weighted by Crippen LogP contribution is -2.06. The zero-order valence-electron chi connectivity index (χ0n) is 10.4. The van der Waals surface area contributed by atoms with Crippen LogP contribution in [0.3, 0.4) is 0 Å². The lowest BCUT2D eigenvalue weighted by Gasteiger charge is -2.10. The van der Waals surface area contributed by atoms with Crippen molar-refractivity contribution in [1.29, 1.82) is 0 Å². The highest BCUT2D eigenvalue weighted by atomic mass is 16.5. The molecule has 0 bridgehead atoms. The third-order valence-electron chi connectivity index (χ3n) is 2.74. The highest BCUT2D eigenvalue weighted by Gasteiger charge is 2.13. The predicted molar refractivity (Wildman–Crippen MR) is 68.0 cm³/mol. The van der Waals surface area contributed by atoms with Gasteiger partial charge >= 0.3 is 0 Å². The molecule has 4 nitrogen and oxygen atoms in total. The van der Waals surface area contributed by atoms with Crippen LogP contribution in [0, 0.1) is 0 Å². The van der Waals surface area contributed by atoms with Gasteiger partial charge in [0.15, 0.2) is 0 Å². The van der Waals surface area contributed by atoms with Gasteiger partial charge in [0.05, 0.1) is 19.0 Å². The minimum Gasteiger partial charge on any atom is -0.496 e. The molecule has 1 N–H and O–H groups in total. The molecule has 4 heteroatoms. The molecule has 1 aromatic carbocycles. The van der Waals surface area contributed by atoms with Gasteiger partial charge in [-0.05, 0) is 19.2 Å². The lowest BCUT2D eigenvalue weighted by molar-refractivity contribution is 0.416. The number of methoxy groups -OCH3 is 1. The molecular formula is C13H17N3O. The lowest BCUT2D eigenvalue weighted by atomic mass is 10.1. The molecule has 0 fully saturated rings. The molecule has 2 aromatic rings. The monoisotopic (exact) mass is 231 g/mol. The standard InChI is InChI=1S/C13H17N3O/c1-14-8-10-9-15-16(2)13(10)11-6-4-5-7-12(11)17-3/h4-7,9,14H,8H2,1-3H3. The quantitative estimate of drug-likeness (QED) is 0.872. The fourth-order valence-electron chi connectivity index (χ4n) is 1.99. The van der Waals surface area contributed by atoms with E-state index in [0.717, 1.165) is 23.6 Å². The Bertz CT molecular complexity index is 505. The number of hydrogen-bond acceptors (Lipinski definition) is 3. The second-order valence-electron chi connectivity index (χ2n) is 3.87. The summed E-state index contributed by atoms with van der Waals surface area (Å²) >= 11 is 0. The molecule has 2 rings (SSSR count). The van der Waals surface area contributed by atoms with Gasteiger partial charge in [0.1, 0.15) is 5.75 Å². The van der Waals surface area contributed by atoms with Gasteiger partial charge < -0.3 is 10.1 Å². The molecule has 0 radical (unpaired) electrons. The van der Waals surface area contributed by atoms with Crippen molar-refractivity contribution in [3.05, 3.63) is 36.0 Å². The van der Waals surface area contributed by atoms with E-state index in [4.69, 9.17) is 4.74 Å². The van der Waals surface area contributed by atoms with E-state index in [2.05, 4.69) is 16.5 Å². The van der Waals surface area contributed by atoms with Crippen LogP contribution in [0.1, 0.15) is 5.56 Å². The van der Waals surface area contributed by atoms with Gasteiger partial charge in [0, 0.05) is 24.7 Å². The summed E-state index contributed by atoms with van der Waals surface area (Å²) < 4.78 is 7.28. The van der Waals surface area contributed by atoms with Gasteiger partial charge in [0.25, 0.3) is 0 Å². The number of aromatic nitrogens is 2. The minimum atomic E-state index is 0.793.